The molecule has 0 amide bonds. The van der Waals surface area contributed by atoms with Crippen molar-refractivity contribution in [1.29, 1.82) is 0 Å². The molecule has 0 atom stereocenters. The summed E-state index contributed by atoms with van der Waals surface area (Å²) in [5, 5.41) is 6.32. The van der Waals surface area contributed by atoms with E-state index in [1.807, 2.05) is 13.8 Å². The fourth-order valence-electron chi connectivity index (χ4n) is 0.859. The molecule has 13 heavy (non-hydrogen) atoms. The van der Waals surface area contributed by atoms with Crippen LogP contribution in [0, 0.1) is 11.7 Å². The molecule has 0 radical (unpaired) electrons. The van der Waals surface area contributed by atoms with Crippen molar-refractivity contribution in [3.8, 4) is 0 Å². The molecule has 0 aromatic carbocycles. The van der Waals surface area contributed by atoms with E-state index in [4.69, 9.17) is 12.2 Å². The smallest absolute Gasteiger partial charge is 0.294 e. The second-order valence-electron chi connectivity index (χ2n) is 3.04. The monoisotopic (exact) mass is 200 g/mol. The molecular weight excluding hydrogens is 188 g/mol. The molecule has 0 aliphatic carbocycles. The third-order valence-electron chi connectivity index (χ3n) is 1.42. The topological polar surface area (TPSA) is 62.7 Å². The van der Waals surface area contributed by atoms with E-state index in [9.17, 15) is 4.79 Å². The lowest BCUT2D eigenvalue weighted by molar-refractivity contribution is 0.664. The maximum absolute atomic E-state index is 11.5. The minimum Gasteiger partial charge on any atom is -0.318 e. The summed E-state index contributed by atoms with van der Waals surface area (Å²) in [7, 11) is 0. The van der Waals surface area contributed by atoms with Gasteiger partial charge in [-0.25, -0.2) is 0 Å². The SMILES string of the molecule is Cc1n[nH]c(=S)n(NC(C)C)c1=O. The molecule has 0 bridgehead atoms. The van der Waals surface area contributed by atoms with Gasteiger partial charge in [0.25, 0.3) is 5.56 Å². The quantitative estimate of drug-likeness (QED) is 0.685. The average Bonchev–Trinajstić information content (AvgIpc) is 2.05. The van der Waals surface area contributed by atoms with Crippen LogP contribution in [-0.4, -0.2) is 20.9 Å². The molecule has 0 spiro atoms. The van der Waals surface area contributed by atoms with E-state index in [1.54, 1.807) is 6.92 Å². The van der Waals surface area contributed by atoms with E-state index < -0.39 is 0 Å². The first-order chi connectivity index (χ1) is 6.02. The van der Waals surface area contributed by atoms with Crippen molar-refractivity contribution >= 4 is 12.2 Å². The number of aromatic amines is 1. The zero-order valence-corrected chi connectivity index (χ0v) is 8.60. The van der Waals surface area contributed by atoms with Gasteiger partial charge in [0.15, 0.2) is 0 Å². The van der Waals surface area contributed by atoms with Crippen LogP contribution < -0.4 is 11.0 Å². The van der Waals surface area contributed by atoms with Gasteiger partial charge in [0.1, 0.15) is 5.69 Å². The third-order valence-corrected chi connectivity index (χ3v) is 1.70. The molecular formula is C7H12N4OS. The van der Waals surface area contributed by atoms with Crippen LogP contribution in [0.3, 0.4) is 0 Å². The molecule has 0 fully saturated rings. The van der Waals surface area contributed by atoms with Crippen LogP contribution in [0.25, 0.3) is 0 Å². The Balaban J connectivity index is 3.27. The Labute approximate surface area is 80.8 Å². The van der Waals surface area contributed by atoms with E-state index in [1.165, 1.54) is 4.68 Å². The first kappa shape index (κ1) is 9.91. The normalized spacial score (nSPS) is 10.5. The first-order valence-corrected chi connectivity index (χ1v) is 4.38. The molecule has 0 saturated heterocycles. The van der Waals surface area contributed by atoms with E-state index in [2.05, 4.69) is 15.6 Å². The Kier molecular flexibility index (Phi) is 2.82. The van der Waals surface area contributed by atoms with Gasteiger partial charge in [-0.2, -0.15) is 9.77 Å². The lowest BCUT2D eigenvalue weighted by Crippen LogP contribution is -2.36. The highest BCUT2D eigenvalue weighted by Crippen LogP contribution is 1.84. The van der Waals surface area contributed by atoms with Gasteiger partial charge in [0.05, 0.1) is 0 Å². The molecule has 1 rings (SSSR count). The van der Waals surface area contributed by atoms with Gasteiger partial charge in [-0.3, -0.25) is 9.89 Å². The second kappa shape index (κ2) is 3.69. The highest BCUT2D eigenvalue weighted by Gasteiger charge is 2.02. The van der Waals surface area contributed by atoms with Crippen molar-refractivity contribution in [2.75, 3.05) is 5.43 Å². The minimum absolute atomic E-state index is 0.148. The van der Waals surface area contributed by atoms with Crippen molar-refractivity contribution < 1.29 is 0 Å². The fraction of sp³-hybridized carbons (Fsp3) is 0.571. The van der Waals surface area contributed by atoms with E-state index in [-0.39, 0.29) is 16.4 Å². The van der Waals surface area contributed by atoms with Gasteiger partial charge < -0.3 is 5.43 Å². The predicted molar refractivity (Wildman–Crippen MR) is 52.9 cm³/mol. The maximum Gasteiger partial charge on any atom is 0.294 e. The van der Waals surface area contributed by atoms with Gasteiger partial charge in [0.2, 0.25) is 4.77 Å². The van der Waals surface area contributed by atoms with Crippen molar-refractivity contribution in [2.24, 2.45) is 0 Å². The summed E-state index contributed by atoms with van der Waals surface area (Å²) in [5.74, 6) is 0. The van der Waals surface area contributed by atoms with Crippen LogP contribution in [0.15, 0.2) is 4.79 Å². The summed E-state index contributed by atoms with van der Waals surface area (Å²) >= 11 is 4.90. The van der Waals surface area contributed by atoms with Gasteiger partial charge in [0, 0.05) is 6.04 Å². The molecule has 1 aromatic rings. The molecule has 5 nitrogen and oxygen atoms in total. The van der Waals surface area contributed by atoms with Crippen LogP contribution in [0.2, 0.25) is 0 Å². The number of nitrogens with one attached hydrogen (secondary N) is 2. The van der Waals surface area contributed by atoms with Crippen molar-refractivity contribution in [3.05, 3.63) is 20.8 Å². The number of H-pyrrole nitrogens is 1. The number of hydrogen-bond acceptors (Lipinski definition) is 4. The van der Waals surface area contributed by atoms with Crippen LogP contribution in [0.4, 0.5) is 0 Å². The summed E-state index contributed by atoms with van der Waals surface area (Å²) in [6, 6.07) is 0.148. The summed E-state index contributed by atoms with van der Waals surface area (Å²) < 4.78 is 1.58. The molecule has 72 valence electrons. The van der Waals surface area contributed by atoms with Gasteiger partial charge in [-0.15, -0.1) is 0 Å². The Morgan fingerprint density at radius 3 is 2.77 bits per heavy atom. The van der Waals surface area contributed by atoms with Crippen molar-refractivity contribution in [2.45, 2.75) is 26.8 Å². The van der Waals surface area contributed by atoms with E-state index >= 15 is 0 Å². The highest BCUT2D eigenvalue weighted by atomic mass is 32.1. The molecule has 0 saturated carbocycles. The molecule has 0 aliphatic heterocycles. The zero-order chi connectivity index (χ0) is 10.0. The summed E-state index contributed by atoms with van der Waals surface area (Å²) in [4.78, 5) is 11.5. The van der Waals surface area contributed by atoms with Crippen LogP contribution in [0.5, 0.6) is 0 Å². The summed E-state index contributed by atoms with van der Waals surface area (Å²) in [6.07, 6.45) is 0. The van der Waals surface area contributed by atoms with Crippen LogP contribution >= 0.6 is 12.2 Å². The molecule has 0 unspecified atom stereocenters. The molecule has 2 N–H and O–H groups in total. The summed E-state index contributed by atoms with van der Waals surface area (Å²) in [5.41, 5.74) is 3.09. The van der Waals surface area contributed by atoms with Crippen LogP contribution in [0.1, 0.15) is 19.5 Å². The Hall–Kier alpha value is -1.17. The second-order valence-corrected chi connectivity index (χ2v) is 3.43. The van der Waals surface area contributed by atoms with Crippen molar-refractivity contribution in [3.63, 3.8) is 0 Å². The number of hydrogen-bond donors (Lipinski definition) is 2. The first-order valence-electron chi connectivity index (χ1n) is 3.97. The zero-order valence-electron chi connectivity index (χ0n) is 7.79. The number of nitrogens with zero attached hydrogens (tertiary/aromatic N) is 2. The van der Waals surface area contributed by atoms with Crippen molar-refractivity contribution in [1.82, 2.24) is 14.9 Å². The molecule has 0 aliphatic rings. The Morgan fingerprint density at radius 1 is 1.62 bits per heavy atom. The van der Waals surface area contributed by atoms with Crippen LogP contribution in [-0.2, 0) is 0 Å². The van der Waals surface area contributed by atoms with E-state index in [0.717, 1.165) is 0 Å². The Morgan fingerprint density at radius 2 is 2.23 bits per heavy atom. The predicted octanol–water partition coefficient (Wildman–Crippen LogP) is 0.561. The number of aromatic nitrogens is 3. The fourth-order valence-corrected chi connectivity index (χ4v) is 1.04. The third kappa shape index (κ3) is 2.15. The maximum atomic E-state index is 11.5. The average molecular weight is 200 g/mol. The molecule has 1 heterocycles. The largest absolute Gasteiger partial charge is 0.318 e. The molecule has 1 aromatic heterocycles. The van der Waals surface area contributed by atoms with Gasteiger partial charge >= 0.3 is 0 Å². The van der Waals surface area contributed by atoms with Gasteiger partial charge in [-0.05, 0) is 33.0 Å². The van der Waals surface area contributed by atoms with Gasteiger partial charge in [-0.1, -0.05) is 0 Å². The highest BCUT2D eigenvalue weighted by molar-refractivity contribution is 7.71. The number of aryl methyl sites for hydroxylation is 1. The standard InChI is InChI=1S/C7H12N4OS/c1-4(2)10-11-6(12)5(3)8-9-7(11)13/h4,10H,1-3H3,(H,9,13). The lowest BCUT2D eigenvalue weighted by Gasteiger charge is -2.11. The Bertz CT molecular complexity index is 406. The minimum atomic E-state index is -0.211. The lowest BCUT2D eigenvalue weighted by atomic mass is 10.4. The number of rotatable bonds is 2. The molecule has 6 heteroatoms. The van der Waals surface area contributed by atoms with E-state index in [0.29, 0.717) is 5.69 Å². The summed E-state index contributed by atoms with van der Waals surface area (Å²) in [6.45, 7) is 5.49.